The maximum absolute atomic E-state index is 15.3. The van der Waals surface area contributed by atoms with Crippen molar-refractivity contribution in [1.29, 1.82) is 0 Å². The van der Waals surface area contributed by atoms with Crippen LogP contribution in [0, 0.1) is 5.92 Å². The number of nitrogens with zero attached hydrogens (tertiary/aromatic N) is 1. The first-order valence-corrected chi connectivity index (χ1v) is 7.26. The van der Waals surface area contributed by atoms with E-state index in [0.29, 0.717) is 0 Å². The van der Waals surface area contributed by atoms with Crippen LogP contribution in [0.3, 0.4) is 0 Å². The molecule has 1 fully saturated rings. The van der Waals surface area contributed by atoms with Crippen molar-refractivity contribution in [3.05, 3.63) is 24.7 Å². The number of aliphatic hydroxyl groups excluding tert-OH is 1. The number of nitrogens with two attached hydrogens (primary N) is 1. The van der Waals surface area contributed by atoms with Crippen LogP contribution in [0.5, 0.6) is 0 Å². The van der Waals surface area contributed by atoms with Gasteiger partial charge in [-0.3, -0.25) is 9.59 Å². The fourth-order valence-electron chi connectivity index (χ4n) is 2.03. The summed E-state index contributed by atoms with van der Waals surface area (Å²) < 4.78 is 48.6. The average Bonchev–Trinajstić information content (AvgIpc) is 2.77. The van der Waals surface area contributed by atoms with Gasteiger partial charge in [0, 0.05) is 18.7 Å². The van der Waals surface area contributed by atoms with Crippen LogP contribution in [0.1, 0.15) is 24.4 Å². The van der Waals surface area contributed by atoms with Gasteiger partial charge in [-0.05, 0) is 5.92 Å². The summed E-state index contributed by atoms with van der Waals surface area (Å²) in [4.78, 5) is 24.1. The molecule has 4 atom stereocenters. The molecule has 0 bridgehead atoms. The van der Waals surface area contributed by atoms with E-state index in [1.54, 1.807) is 13.8 Å². The second-order valence-corrected chi connectivity index (χ2v) is 5.80. The van der Waals surface area contributed by atoms with Crippen LogP contribution in [-0.4, -0.2) is 52.6 Å². The van der Waals surface area contributed by atoms with E-state index in [9.17, 15) is 14.7 Å². The molecule has 0 unspecified atom stereocenters. The van der Waals surface area contributed by atoms with Crippen LogP contribution in [-0.2, 0) is 19.1 Å². The molecule has 2 aliphatic heterocycles. The molecular formula is C15H22FN3O5. The number of nitrogens with one attached hydrogen (secondary N) is 1. The minimum Gasteiger partial charge on any atom is -0.458 e. The molecule has 0 aliphatic carbocycles. The maximum Gasteiger partial charge on any atom is 0.323 e. The molecular weight excluding hydrogens is 321 g/mol. The van der Waals surface area contributed by atoms with Gasteiger partial charge in [0.15, 0.2) is 12.8 Å². The Bertz CT molecular complexity index is 692. The van der Waals surface area contributed by atoms with E-state index < -0.39 is 49.1 Å². The molecule has 8 nitrogen and oxygen atoms in total. The highest BCUT2D eigenvalue weighted by Crippen LogP contribution is 2.35. The van der Waals surface area contributed by atoms with Gasteiger partial charge in [0.25, 0.3) is 5.91 Å². The van der Waals surface area contributed by atoms with Gasteiger partial charge in [0.2, 0.25) is 5.85 Å². The van der Waals surface area contributed by atoms with E-state index >= 15 is 4.39 Å². The standard InChI is InChI=1S/C15H22FN3O5/c1-8(2)12(17)14(22)23-7-15(16)6-10(20)13(24-15)19-5-4-11(21)18-9(19)3/h4-5,8,10,12-13,20H,3,6-7,17H2,1-2H3,(H,18,21)/t10-,12+,13-,15+/m1/s1/i7D2,13D. The Morgan fingerprint density at radius 3 is 3.08 bits per heavy atom. The van der Waals surface area contributed by atoms with Gasteiger partial charge in [-0.2, -0.15) is 0 Å². The number of amides is 1. The third-order valence-electron chi connectivity index (χ3n) is 3.47. The van der Waals surface area contributed by atoms with Crippen LogP contribution < -0.4 is 11.1 Å². The normalized spacial score (nSPS) is 36.8. The lowest BCUT2D eigenvalue weighted by Crippen LogP contribution is -2.45. The highest BCUT2D eigenvalue weighted by molar-refractivity contribution is 5.89. The van der Waals surface area contributed by atoms with Crippen molar-refractivity contribution < 1.29 is 32.7 Å². The van der Waals surface area contributed by atoms with Crippen LogP contribution in [0.25, 0.3) is 0 Å². The summed E-state index contributed by atoms with van der Waals surface area (Å²) in [6, 6.07) is -1.20. The molecule has 0 saturated carbocycles. The average molecular weight is 346 g/mol. The second-order valence-electron chi connectivity index (χ2n) is 5.80. The summed E-state index contributed by atoms with van der Waals surface area (Å²) in [7, 11) is 0. The number of hydrogen-bond donors (Lipinski definition) is 3. The molecule has 2 heterocycles. The first-order valence-electron chi connectivity index (χ1n) is 8.76. The highest BCUT2D eigenvalue weighted by atomic mass is 19.2. The minimum atomic E-state index is -3.35. The Hall–Kier alpha value is -1.97. The summed E-state index contributed by atoms with van der Waals surface area (Å²) in [5.74, 6) is -5.66. The Morgan fingerprint density at radius 2 is 2.50 bits per heavy atom. The van der Waals surface area contributed by atoms with Gasteiger partial charge in [-0.25, -0.2) is 4.39 Å². The van der Waals surface area contributed by atoms with E-state index in [2.05, 4.69) is 16.6 Å². The Balaban J connectivity index is 2.26. The number of esters is 1. The van der Waals surface area contributed by atoms with Crippen molar-refractivity contribution in [2.75, 3.05) is 6.56 Å². The molecule has 2 rings (SSSR count). The summed E-state index contributed by atoms with van der Waals surface area (Å²) >= 11 is 0. The Morgan fingerprint density at radius 1 is 1.83 bits per heavy atom. The Labute approximate surface area is 143 Å². The lowest BCUT2D eigenvalue weighted by atomic mass is 10.1. The quantitative estimate of drug-likeness (QED) is 0.586. The smallest absolute Gasteiger partial charge is 0.323 e. The molecule has 1 saturated heterocycles. The molecule has 9 heteroatoms. The molecule has 0 aromatic heterocycles. The van der Waals surface area contributed by atoms with Gasteiger partial charge in [-0.15, -0.1) is 0 Å². The fraction of sp³-hybridized carbons (Fsp3) is 0.600. The molecule has 0 spiro atoms. The summed E-state index contributed by atoms with van der Waals surface area (Å²) in [5, 5.41) is 12.5. The van der Waals surface area contributed by atoms with Crippen molar-refractivity contribution in [2.24, 2.45) is 11.7 Å². The summed E-state index contributed by atoms with van der Waals surface area (Å²) in [6.45, 7) is 3.34. The first kappa shape index (κ1) is 14.4. The van der Waals surface area contributed by atoms with E-state index in [4.69, 9.17) is 14.6 Å². The van der Waals surface area contributed by atoms with Gasteiger partial charge in [0.05, 0.1) is 4.11 Å². The number of halogens is 1. The number of aliphatic hydroxyl groups is 1. The SMILES string of the molecule is [2H]C([2H])(OC(=O)[C@@H](N)C(C)C)[C@]1(F)C[C@@H](O)[C@]([2H])(N2C=CC(=O)NC2=C)O1. The van der Waals surface area contributed by atoms with Gasteiger partial charge in [0.1, 0.15) is 18.0 Å². The van der Waals surface area contributed by atoms with Crippen LogP contribution >= 0.6 is 0 Å². The van der Waals surface area contributed by atoms with Crippen molar-refractivity contribution in [3.63, 3.8) is 0 Å². The Kier molecular flexibility index (Phi) is 4.12. The maximum atomic E-state index is 15.3. The van der Waals surface area contributed by atoms with E-state index in [1.807, 2.05) is 0 Å². The van der Waals surface area contributed by atoms with Gasteiger partial charge in [-0.1, -0.05) is 20.4 Å². The van der Waals surface area contributed by atoms with E-state index in [0.717, 1.165) is 17.2 Å². The fourth-order valence-corrected chi connectivity index (χ4v) is 2.03. The number of ether oxygens (including phenoxy) is 2. The predicted octanol–water partition coefficient (Wildman–Crippen LogP) is -0.297. The summed E-state index contributed by atoms with van der Waals surface area (Å²) in [5.41, 5.74) is 5.58. The largest absolute Gasteiger partial charge is 0.458 e. The first-order chi connectivity index (χ1) is 12.2. The number of alkyl halides is 1. The molecule has 0 radical (unpaired) electrons. The zero-order chi connectivity index (χ0) is 20.8. The molecule has 2 aliphatic rings. The molecule has 0 aromatic rings. The van der Waals surface area contributed by atoms with Crippen molar-refractivity contribution in [3.8, 4) is 0 Å². The second kappa shape index (κ2) is 6.88. The van der Waals surface area contributed by atoms with Crippen molar-refractivity contribution in [1.82, 2.24) is 10.2 Å². The van der Waals surface area contributed by atoms with Crippen molar-refractivity contribution >= 4 is 11.9 Å². The highest BCUT2D eigenvalue weighted by Gasteiger charge is 2.50. The number of rotatable bonds is 5. The molecule has 24 heavy (non-hydrogen) atoms. The zero-order valence-electron chi connectivity index (χ0n) is 16.3. The minimum absolute atomic E-state index is 0.180. The molecule has 1 amide bonds. The summed E-state index contributed by atoms with van der Waals surface area (Å²) in [6.07, 6.45) is -3.41. The third kappa shape index (κ3) is 3.92. The number of carbonyl (C=O) groups is 2. The van der Waals surface area contributed by atoms with Crippen LogP contribution in [0.2, 0.25) is 0 Å². The third-order valence-corrected chi connectivity index (χ3v) is 3.47. The predicted molar refractivity (Wildman–Crippen MR) is 81.4 cm³/mol. The lowest BCUT2D eigenvalue weighted by molar-refractivity contribution is -0.199. The lowest BCUT2D eigenvalue weighted by Gasteiger charge is -2.32. The zero-order valence-corrected chi connectivity index (χ0v) is 13.3. The van der Waals surface area contributed by atoms with Gasteiger partial charge >= 0.3 is 5.97 Å². The number of carbonyl (C=O) groups excluding carboxylic acids is 2. The van der Waals surface area contributed by atoms with E-state index in [-0.39, 0.29) is 11.7 Å². The molecule has 0 aromatic carbocycles. The number of hydrogen-bond acceptors (Lipinski definition) is 7. The van der Waals surface area contributed by atoms with E-state index in [1.165, 1.54) is 0 Å². The van der Waals surface area contributed by atoms with Crippen LogP contribution in [0.15, 0.2) is 24.7 Å². The van der Waals surface area contributed by atoms with Crippen LogP contribution in [0.4, 0.5) is 4.39 Å². The topological polar surface area (TPSA) is 114 Å². The van der Waals surface area contributed by atoms with Gasteiger partial charge < -0.3 is 30.5 Å². The molecule has 4 N–H and O–H groups in total. The monoisotopic (exact) mass is 346 g/mol. The molecule has 134 valence electrons. The van der Waals surface area contributed by atoms with Crippen molar-refractivity contribution in [2.45, 2.75) is 44.5 Å².